The van der Waals surface area contributed by atoms with Gasteiger partial charge in [-0.1, -0.05) is 34.1 Å². The molecule has 0 aromatic rings. The summed E-state index contributed by atoms with van der Waals surface area (Å²) >= 11 is 0. The van der Waals surface area contributed by atoms with E-state index in [1.54, 1.807) is 7.11 Å². The van der Waals surface area contributed by atoms with Crippen LogP contribution in [0, 0.1) is 28.1 Å². The van der Waals surface area contributed by atoms with Crippen molar-refractivity contribution >= 4 is 11.8 Å². The molecule has 4 nitrogen and oxygen atoms in total. The van der Waals surface area contributed by atoms with Gasteiger partial charge in [0, 0.05) is 13.5 Å². The number of ketones is 1. The maximum Gasteiger partial charge on any atom is 0.309 e. The highest BCUT2D eigenvalue weighted by Gasteiger charge is 2.67. The molecule has 0 amide bonds. The fourth-order valence-electron chi connectivity index (χ4n) is 6.46. The maximum absolute atomic E-state index is 13.3. The second kappa shape index (κ2) is 5.92. The second-order valence-electron chi connectivity index (χ2n) is 9.85. The monoisotopic (exact) mass is 362 g/mol. The zero-order valence-corrected chi connectivity index (χ0v) is 17.1. The first-order valence-corrected chi connectivity index (χ1v) is 10.0. The quantitative estimate of drug-likeness (QED) is 0.795. The topological polar surface area (TPSA) is 63.6 Å². The highest BCUT2D eigenvalue weighted by molar-refractivity contribution is 5.98. The molecule has 3 rings (SSSR count). The summed E-state index contributed by atoms with van der Waals surface area (Å²) in [6.07, 6.45) is 6.76. The molecule has 0 spiro atoms. The van der Waals surface area contributed by atoms with Crippen LogP contribution in [0.4, 0.5) is 0 Å². The van der Waals surface area contributed by atoms with Crippen LogP contribution in [0.2, 0.25) is 0 Å². The third-order valence-electron chi connectivity index (χ3n) is 8.88. The number of allylic oxidation sites excluding steroid dienone is 1. The van der Waals surface area contributed by atoms with Crippen LogP contribution in [-0.2, 0) is 14.3 Å². The lowest BCUT2D eigenvalue weighted by Gasteiger charge is -2.64. The van der Waals surface area contributed by atoms with Crippen LogP contribution in [-0.4, -0.2) is 29.6 Å². The molecule has 26 heavy (non-hydrogen) atoms. The van der Waals surface area contributed by atoms with E-state index in [2.05, 4.69) is 33.8 Å². The summed E-state index contributed by atoms with van der Waals surface area (Å²) < 4.78 is 5.89. The van der Waals surface area contributed by atoms with E-state index in [4.69, 9.17) is 4.74 Å². The largest absolute Gasteiger partial charge is 0.481 e. The normalized spacial score (nSPS) is 45.7. The summed E-state index contributed by atoms with van der Waals surface area (Å²) in [5.41, 5.74) is -1.02. The van der Waals surface area contributed by atoms with Crippen molar-refractivity contribution in [1.82, 2.24) is 0 Å². The van der Waals surface area contributed by atoms with Crippen molar-refractivity contribution in [2.45, 2.75) is 78.7 Å². The number of ether oxygens (including phenoxy) is 1. The molecule has 1 N–H and O–H groups in total. The Balaban J connectivity index is 2.13. The molecule has 0 heterocycles. The van der Waals surface area contributed by atoms with Gasteiger partial charge in [-0.2, -0.15) is 0 Å². The lowest BCUT2D eigenvalue weighted by Crippen LogP contribution is -2.63. The predicted molar refractivity (Wildman–Crippen MR) is 101 cm³/mol. The van der Waals surface area contributed by atoms with Gasteiger partial charge in [0.15, 0.2) is 5.78 Å². The number of rotatable bonds is 3. The standard InChI is InChI=1S/C22H34O4/c1-14(2)22(26-6)11-8-16-15(12-22)17(23)13-21(5)19(16,3)9-7-10-20(21,4)18(24)25/h12,14,16H,7-11,13H2,1-6H3,(H,24,25)/t16-,19+,20-,21+,22+/m0/s1. The molecule has 4 heteroatoms. The fourth-order valence-corrected chi connectivity index (χ4v) is 6.46. The number of carbonyl (C=O) groups excluding carboxylic acids is 1. The number of fused-ring (bicyclic) bond motifs is 3. The molecule has 0 aliphatic heterocycles. The van der Waals surface area contributed by atoms with Gasteiger partial charge in [0.25, 0.3) is 0 Å². The van der Waals surface area contributed by atoms with Crippen molar-refractivity contribution in [2.24, 2.45) is 28.1 Å². The van der Waals surface area contributed by atoms with Gasteiger partial charge in [0.05, 0.1) is 11.0 Å². The van der Waals surface area contributed by atoms with Crippen LogP contribution in [0.1, 0.15) is 73.1 Å². The zero-order chi connectivity index (χ0) is 19.5. The van der Waals surface area contributed by atoms with E-state index < -0.39 is 16.8 Å². The molecule has 0 unspecified atom stereocenters. The van der Waals surface area contributed by atoms with Gasteiger partial charge in [-0.3, -0.25) is 9.59 Å². The Morgan fingerprint density at radius 3 is 2.42 bits per heavy atom. The number of carboxylic acids is 1. The number of Topliss-reactive ketones (excluding diaryl/α,β-unsaturated/α-hetero) is 1. The number of methoxy groups -OCH3 is 1. The van der Waals surface area contributed by atoms with Gasteiger partial charge in [-0.05, 0) is 66.9 Å². The number of hydrogen-bond donors (Lipinski definition) is 1. The van der Waals surface area contributed by atoms with Crippen molar-refractivity contribution in [2.75, 3.05) is 7.11 Å². The summed E-state index contributed by atoms with van der Waals surface area (Å²) in [6.45, 7) is 10.5. The third-order valence-corrected chi connectivity index (χ3v) is 8.88. The minimum absolute atomic E-state index is 0.131. The smallest absolute Gasteiger partial charge is 0.309 e. The Bertz CT molecular complexity index is 665. The van der Waals surface area contributed by atoms with Crippen LogP contribution in [0.3, 0.4) is 0 Å². The van der Waals surface area contributed by atoms with Crippen molar-refractivity contribution in [3.05, 3.63) is 11.6 Å². The fraction of sp³-hybridized carbons (Fsp3) is 0.818. The average molecular weight is 363 g/mol. The highest BCUT2D eigenvalue weighted by Crippen LogP contribution is 2.69. The van der Waals surface area contributed by atoms with Crippen LogP contribution in [0.15, 0.2) is 11.6 Å². The number of carbonyl (C=O) groups is 2. The van der Waals surface area contributed by atoms with Crippen molar-refractivity contribution in [1.29, 1.82) is 0 Å². The molecule has 2 fully saturated rings. The molecular weight excluding hydrogens is 328 g/mol. The summed E-state index contributed by atoms with van der Waals surface area (Å²) in [6, 6.07) is 0. The lowest BCUT2D eigenvalue weighted by molar-refractivity contribution is -0.189. The first kappa shape index (κ1) is 19.6. The lowest BCUT2D eigenvalue weighted by atomic mass is 9.38. The zero-order valence-electron chi connectivity index (χ0n) is 17.1. The van der Waals surface area contributed by atoms with Crippen LogP contribution in [0.25, 0.3) is 0 Å². The molecule has 0 bridgehead atoms. The van der Waals surface area contributed by atoms with E-state index in [9.17, 15) is 14.7 Å². The molecule has 0 aromatic carbocycles. The maximum atomic E-state index is 13.3. The van der Waals surface area contributed by atoms with Crippen LogP contribution >= 0.6 is 0 Å². The van der Waals surface area contributed by atoms with Crippen molar-refractivity contribution < 1.29 is 19.4 Å². The van der Waals surface area contributed by atoms with E-state index in [0.717, 1.165) is 31.3 Å². The van der Waals surface area contributed by atoms with Gasteiger partial charge in [0.1, 0.15) is 0 Å². The minimum Gasteiger partial charge on any atom is -0.481 e. The molecular formula is C22H34O4. The molecule has 5 atom stereocenters. The van der Waals surface area contributed by atoms with Crippen molar-refractivity contribution in [3.8, 4) is 0 Å². The average Bonchev–Trinajstić information content (AvgIpc) is 2.58. The number of hydrogen-bond acceptors (Lipinski definition) is 3. The van der Waals surface area contributed by atoms with Gasteiger partial charge < -0.3 is 9.84 Å². The van der Waals surface area contributed by atoms with Crippen LogP contribution in [0.5, 0.6) is 0 Å². The first-order chi connectivity index (χ1) is 12.0. The predicted octanol–water partition coefficient (Wildman–Crippen LogP) is 4.62. The van der Waals surface area contributed by atoms with E-state index in [-0.39, 0.29) is 22.7 Å². The Morgan fingerprint density at radius 2 is 1.88 bits per heavy atom. The summed E-state index contributed by atoms with van der Waals surface area (Å²) in [5.74, 6) is -0.193. The summed E-state index contributed by atoms with van der Waals surface area (Å²) in [7, 11) is 1.73. The van der Waals surface area contributed by atoms with Gasteiger partial charge in [-0.15, -0.1) is 0 Å². The molecule has 146 valence electrons. The minimum atomic E-state index is -0.852. The Hall–Kier alpha value is -1.16. The molecule has 3 aliphatic carbocycles. The van der Waals surface area contributed by atoms with Crippen molar-refractivity contribution in [3.63, 3.8) is 0 Å². The summed E-state index contributed by atoms with van der Waals surface area (Å²) in [5, 5.41) is 10.0. The Labute approximate surface area is 157 Å². The van der Waals surface area contributed by atoms with Gasteiger partial charge in [0.2, 0.25) is 0 Å². The molecule has 0 saturated heterocycles. The Morgan fingerprint density at radius 1 is 1.23 bits per heavy atom. The number of aliphatic carboxylic acids is 1. The number of carboxylic acid groups (broad SMARTS) is 1. The second-order valence-corrected chi connectivity index (χ2v) is 9.85. The van der Waals surface area contributed by atoms with E-state index >= 15 is 0 Å². The summed E-state index contributed by atoms with van der Waals surface area (Å²) in [4.78, 5) is 25.5. The first-order valence-electron chi connectivity index (χ1n) is 10.0. The third kappa shape index (κ3) is 2.23. The highest BCUT2D eigenvalue weighted by atomic mass is 16.5. The molecule has 2 saturated carbocycles. The van der Waals surface area contributed by atoms with E-state index in [1.165, 1.54) is 0 Å². The van der Waals surface area contributed by atoms with E-state index in [1.807, 2.05) is 6.92 Å². The van der Waals surface area contributed by atoms with Crippen LogP contribution < -0.4 is 0 Å². The molecule has 0 radical (unpaired) electrons. The SMILES string of the molecule is CO[C@@]1(C(C)C)C=C2C(=O)C[C@@]3(C)[C@](C)(C(=O)O)CCC[C@]3(C)[C@H]2CC1. The Kier molecular flexibility index (Phi) is 4.46. The molecule has 3 aliphatic rings. The van der Waals surface area contributed by atoms with Gasteiger partial charge in [-0.25, -0.2) is 0 Å². The molecule has 0 aromatic heterocycles. The van der Waals surface area contributed by atoms with Gasteiger partial charge >= 0.3 is 5.97 Å². The van der Waals surface area contributed by atoms with E-state index in [0.29, 0.717) is 18.8 Å².